The molecule has 1 N–H and O–H groups in total. The quantitative estimate of drug-likeness (QED) is 0.574. The summed E-state index contributed by atoms with van der Waals surface area (Å²) < 4.78 is 13.9. The molecule has 7 rings (SSSR count). The van der Waals surface area contributed by atoms with Gasteiger partial charge in [0, 0.05) is 37.9 Å². The van der Waals surface area contributed by atoms with Crippen LogP contribution in [0, 0.1) is 5.41 Å². The molecule has 4 aliphatic heterocycles. The normalized spacial score (nSPS) is 27.7. The molecule has 3 fully saturated rings. The van der Waals surface area contributed by atoms with E-state index in [1.807, 2.05) is 30.1 Å². The SMILES string of the molecule is C[C@@H]1OCC2(CCN(c3cnc4c(N5CCCc6ncccc65)nn(C5CCCCO5)c4n3)CC2)C1O. The van der Waals surface area contributed by atoms with Crippen molar-refractivity contribution in [2.75, 3.05) is 42.6 Å². The summed E-state index contributed by atoms with van der Waals surface area (Å²) >= 11 is 0. The van der Waals surface area contributed by atoms with E-state index in [2.05, 4.69) is 20.9 Å². The van der Waals surface area contributed by atoms with Crippen molar-refractivity contribution < 1.29 is 14.6 Å². The van der Waals surface area contributed by atoms with Crippen LogP contribution in [0.2, 0.25) is 0 Å². The average molecular weight is 506 g/mol. The molecule has 0 radical (unpaired) electrons. The van der Waals surface area contributed by atoms with Crippen LogP contribution in [0.1, 0.15) is 57.4 Å². The van der Waals surface area contributed by atoms with E-state index in [-0.39, 0.29) is 17.7 Å². The maximum atomic E-state index is 10.7. The van der Waals surface area contributed by atoms with Crippen molar-refractivity contribution >= 4 is 28.5 Å². The molecular formula is C27H35N7O3. The molecule has 0 amide bonds. The smallest absolute Gasteiger partial charge is 0.183 e. The number of pyridine rings is 1. The number of aliphatic hydroxyl groups excluding tert-OH is 1. The number of hydrogen-bond acceptors (Lipinski definition) is 9. The van der Waals surface area contributed by atoms with Crippen molar-refractivity contribution in [3.05, 3.63) is 30.2 Å². The number of anilines is 3. The van der Waals surface area contributed by atoms with Gasteiger partial charge in [-0.05, 0) is 64.0 Å². The predicted molar refractivity (Wildman–Crippen MR) is 139 cm³/mol. The van der Waals surface area contributed by atoms with Crippen LogP contribution >= 0.6 is 0 Å². The molecule has 0 aliphatic carbocycles. The molecule has 4 aliphatic rings. The van der Waals surface area contributed by atoms with Gasteiger partial charge in [-0.25, -0.2) is 14.6 Å². The monoisotopic (exact) mass is 505 g/mol. The standard InChI is InChI=1S/C27H35N7O3/c1-18-24(35)27(17-37-18)9-13-32(14-10-27)21-16-29-23-25(30-21)34(22-8-2-3-15-36-22)31-26(23)33-12-5-6-19-20(33)7-4-11-28-19/h4,7,11,16,18,22,24,35H,2-3,5-6,8-10,12-15,17H2,1H3/t18-,22?,24?/m0/s1. The number of rotatable bonds is 3. The van der Waals surface area contributed by atoms with Crippen molar-refractivity contribution in [1.29, 1.82) is 0 Å². The fourth-order valence-corrected chi connectivity index (χ4v) is 6.54. The number of nitrogens with zero attached hydrogens (tertiary/aromatic N) is 7. The highest BCUT2D eigenvalue weighted by atomic mass is 16.5. The van der Waals surface area contributed by atoms with E-state index in [1.54, 1.807) is 0 Å². The molecule has 3 aromatic heterocycles. The van der Waals surface area contributed by atoms with Crippen molar-refractivity contribution in [2.24, 2.45) is 5.41 Å². The van der Waals surface area contributed by atoms with Gasteiger partial charge in [0.1, 0.15) is 5.82 Å². The van der Waals surface area contributed by atoms with Gasteiger partial charge in [-0.1, -0.05) is 0 Å². The molecule has 0 bridgehead atoms. The summed E-state index contributed by atoms with van der Waals surface area (Å²) in [7, 11) is 0. The number of aryl methyl sites for hydroxylation is 1. The lowest BCUT2D eigenvalue weighted by Gasteiger charge is -2.40. The molecular weight excluding hydrogens is 470 g/mol. The highest BCUT2D eigenvalue weighted by Crippen LogP contribution is 2.43. The molecule has 7 heterocycles. The third kappa shape index (κ3) is 3.88. The summed E-state index contributed by atoms with van der Waals surface area (Å²) in [5.74, 6) is 1.68. The van der Waals surface area contributed by atoms with Gasteiger partial charge in [-0.3, -0.25) is 4.98 Å². The molecule has 2 unspecified atom stereocenters. The van der Waals surface area contributed by atoms with Gasteiger partial charge in [0.2, 0.25) is 0 Å². The van der Waals surface area contributed by atoms with Gasteiger partial charge in [-0.15, -0.1) is 5.10 Å². The largest absolute Gasteiger partial charge is 0.390 e. The average Bonchev–Trinajstić information content (AvgIpc) is 3.47. The lowest BCUT2D eigenvalue weighted by atomic mass is 9.74. The minimum Gasteiger partial charge on any atom is -0.390 e. The van der Waals surface area contributed by atoms with E-state index < -0.39 is 6.10 Å². The molecule has 10 nitrogen and oxygen atoms in total. The Bertz CT molecular complexity index is 1280. The summed E-state index contributed by atoms with van der Waals surface area (Å²) in [4.78, 5) is 19.2. The number of piperidine rings is 1. The number of aromatic nitrogens is 5. The number of hydrogen-bond donors (Lipinski definition) is 1. The predicted octanol–water partition coefficient (Wildman–Crippen LogP) is 3.37. The van der Waals surface area contributed by atoms with Crippen LogP contribution in [0.15, 0.2) is 24.5 Å². The highest BCUT2D eigenvalue weighted by molar-refractivity contribution is 5.88. The van der Waals surface area contributed by atoms with Gasteiger partial charge >= 0.3 is 0 Å². The van der Waals surface area contributed by atoms with Gasteiger partial charge in [-0.2, -0.15) is 0 Å². The highest BCUT2D eigenvalue weighted by Gasteiger charge is 2.48. The zero-order chi connectivity index (χ0) is 25.0. The molecule has 0 aromatic carbocycles. The topological polar surface area (TPSA) is 102 Å². The first-order valence-electron chi connectivity index (χ1n) is 13.8. The molecule has 3 aromatic rings. The second-order valence-electron chi connectivity index (χ2n) is 11.0. The van der Waals surface area contributed by atoms with Crippen LogP contribution in [-0.4, -0.2) is 74.9 Å². The van der Waals surface area contributed by atoms with Crippen LogP contribution in [0.5, 0.6) is 0 Å². The van der Waals surface area contributed by atoms with Gasteiger partial charge in [0.25, 0.3) is 0 Å². The molecule has 196 valence electrons. The first kappa shape index (κ1) is 23.3. The van der Waals surface area contributed by atoms with E-state index in [1.165, 1.54) is 0 Å². The first-order chi connectivity index (χ1) is 18.1. The second kappa shape index (κ2) is 9.18. The van der Waals surface area contributed by atoms with Crippen molar-refractivity contribution in [2.45, 2.75) is 70.3 Å². The zero-order valence-corrected chi connectivity index (χ0v) is 21.4. The van der Waals surface area contributed by atoms with Crippen LogP contribution in [-0.2, 0) is 15.9 Å². The lowest BCUT2D eigenvalue weighted by Crippen LogP contribution is -2.47. The Hall–Kier alpha value is -2.82. The number of aliphatic hydroxyl groups is 1. The third-order valence-electron chi connectivity index (χ3n) is 8.80. The summed E-state index contributed by atoms with van der Waals surface area (Å²) in [6, 6.07) is 4.11. The Morgan fingerprint density at radius 2 is 1.97 bits per heavy atom. The van der Waals surface area contributed by atoms with E-state index >= 15 is 0 Å². The molecule has 37 heavy (non-hydrogen) atoms. The fraction of sp³-hybridized carbons (Fsp3) is 0.630. The van der Waals surface area contributed by atoms with Gasteiger partial charge in [0.15, 0.2) is 23.2 Å². The first-order valence-corrected chi connectivity index (χ1v) is 13.8. The Labute approximate surface area is 216 Å². The van der Waals surface area contributed by atoms with Crippen LogP contribution in [0.4, 0.5) is 17.3 Å². The van der Waals surface area contributed by atoms with Crippen molar-refractivity contribution in [1.82, 2.24) is 24.7 Å². The molecule has 10 heteroatoms. The van der Waals surface area contributed by atoms with Crippen LogP contribution in [0.3, 0.4) is 0 Å². The van der Waals surface area contributed by atoms with Crippen LogP contribution in [0.25, 0.3) is 11.2 Å². The molecule has 3 atom stereocenters. The summed E-state index contributed by atoms with van der Waals surface area (Å²) in [6.07, 6.45) is 9.98. The summed E-state index contributed by atoms with van der Waals surface area (Å²) in [5, 5.41) is 15.8. The van der Waals surface area contributed by atoms with Gasteiger partial charge in [0.05, 0.1) is 36.4 Å². The minimum absolute atomic E-state index is 0.0962. The molecule has 0 saturated carbocycles. The van der Waals surface area contributed by atoms with E-state index in [9.17, 15) is 5.11 Å². The summed E-state index contributed by atoms with van der Waals surface area (Å²) in [5.41, 5.74) is 3.63. The fourth-order valence-electron chi connectivity index (χ4n) is 6.54. The second-order valence-corrected chi connectivity index (χ2v) is 11.0. The molecule has 3 saturated heterocycles. The maximum absolute atomic E-state index is 10.7. The zero-order valence-electron chi connectivity index (χ0n) is 21.4. The molecule has 1 spiro atoms. The van der Waals surface area contributed by atoms with E-state index in [4.69, 9.17) is 24.5 Å². The number of ether oxygens (including phenoxy) is 2. The van der Waals surface area contributed by atoms with Crippen molar-refractivity contribution in [3.63, 3.8) is 0 Å². The van der Waals surface area contributed by atoms with E-state index in [0.717, 1.165) is 105 Å². The third-order valence-corrected chi connectivity index (χ3v) is 8.80. The lowest BCUT2D eigenvalue weighted by molar-refractivity contribution is -0.0368. The van der Waals surface area contributed by atoms with E-state index in [0.29, 0.717) is 6.61 Å². The Morgan fingerprint density at radius 1 is 1.08 bits per heavy atom. The maximum Gasteiger partial charge on any atom is 0.183 e. The Balaban J connectivity index is 1.25. The Kier molecular flexibility index (Phi) is 5.78. The van der Waals surface area contributed by atoms with Crippen molar-refractivity contribution in [3.8, 4) is 0 Å². The minimum atomic E-state index is -0.405. The Morgan fingerprint density at radius 3 is 2.76 bits per heavy atom. The van der Waals surface area contributed by atoms with Gasteiger partial charge < -0.3 is 24.4 Å². The van der Waals surface area contributed by atoms with Crippen LogP contribution < -0.4 is 9.80 Å². The summed E-state index contributed by atoms with van der Waals surface area (Å²) in [6.45, 7) is 5.85. The number of fused-ring (bicyclic) bond motifs is 2.